The van der Waals surface area contributed by atoms with Crippen molar-refractivity contribution in [3.63, 3.8) is 0 Å². The predicted molar refractivity (Wildman–Crippen MR) is 109 cm³/mol. The van der Waals surface area contributed by atoms with Crippen molar-refractivity contribution in [1.82, 2.24) is 10.0 Å². The van der Waals surface area contributed by atoms with Gasteiger partial charge in [-0.3, -0.25) is 4.79 Å². The molecule has 0 aromatic heterocycles. The van der Waals surface area contributed by atoms with E-state index in [1.807, 2.05) is 24.5 Å². The van der Waals surface area contributed by atoms with Crippen molar-refractivity contribution in [3.05, 3.63) is 35.9 Å². The molecule has 5 nitrogen and oxygen atoms in total. The van der Waals surface area contributed by atoms with E-state index in [1.54, 1.807) is 18.7 Å². The minimum absolute atomic E-state index is 0.0238. The highest BCUT2D eigenvalue weighted by Gasteiger charge is 2.36. The lowest BCUT2D eigenvalue weighted by Gasteiger charge is -2.31. The van der Waals surface area contributed by atoms with Crippen molar-refractivity contribution >= 4 is 27.7 Å². The minimum Gasteiger partial charge on any atom is -0.354 e. The summed E-state index contributed by atoms with van der Waals surface area (Å²) in [5, 5.41) is 3.04. The van der Waals surface area contributed by atoms with Gasteiger partial charge in [-0.25, -0.2) is 13.1 Å². The molecule has 0 bridgehead atoms. The van der Waals surface area contributed by atoms with Gasteiger partial charge in [-0.1, -0.05) is 43.2 Å². The lowest BCUT2D eigenvalue weighted by Crippen LogP contribution is -2.50. The number of amides is 1. The molecule has 2 rings (SSSR count). The van der Waals surface area contributed by atoms with E-state index in [0.717, 1.165) is 31.4 Å². The molecule has 146 valence electrons. The van der Waals surface area contributed by atoms with Gasteiger partial charge in [-0.15, -0.1) is 0 Å². The summed E-state index contributed by atoms with van der Waals surface area (Å²) in [6.07, 6.45) is 6.85. The van der Waals surface area contributed by atoms with E-state index in [4.69, 9.17) is 0 Å². The summed E-state index contributed by atoms with van der Waals surface area (Å²) in [5.74, 6) is 0.483. The third kappa shape index (κ3) is 5.72. The average molecular weight is 399 g/mol. The van der Waals surface area contributed by atoms with Crippen LogP contribution in [-0.2, 0) is 20.2 Å². The van der Waals surface area contributed by atoms with Crippen LogP contribution in [0.15, 0.2) is 30.3 Å². The average Bonchev–Trinajstić information content (AvgIpc) is 3.14. The summed E-state index contributed by atoms with van der Waals surface area (Å²) in [5.41, 5.74) is 1.22. The first-order chi connectivity index (χ1) is 12.4. The Balaban J connectivity index is 2.07. The monoisotopic (exact) mass is 398 g/mol. The van der Waals surface area contributed by atoms with Crippen molar-refractivity contribution in [1.29, 1.82) is 0 Å². The maximum atomic E-state index is 12.7. The molecule has 26 heavy (non-hydrogen) atoms. The largest absolute Gasteiger partial charge is 0.354 e. The SMILES string of the molecule is CCS(=O)(=O)NC(CCSC)C(=O)NCC1(c2ccccc2)CCCC1. The lowest BCUT2D eigenvalue weighted by molar-refractivity contribution is -0.123. The second kappa shape index (κ2) is 9.76. The summed E-state index contributed by atoms with van der Waals surface area (Å²) in [7, 11) is -3.42. The Kier molecular flexibility index (Phi) is 7.98. The van der Waals surface area contributed by atoms with E-state index in [0.29, 0.717) is 13.0 Å². The van der Waals surface area contributed by atoms with Crippen LogP contribution >= 0.6 is 11.8 Å². The van der Waals surface area contributed by atoms with E-state index in [9.17, 15) is 13.2 Å². The highest BCUT2D eigenvalue weighted by molar-refractivity contribution is 7.98. The number of carbonyl (C=O) groups excluding carboxylic acids is 1. The molecule has 1 aliphatic carbocycles. The summed E-state index contributed by atoms with van der Waals surface area (Å²) in [6, 6.07) is 9.62. The summed E-state index contributed by atoms with van der Waals surface area (Å²) in [4.78, 5) is 12.7. The van der Waals surface area contributed by atoms with Gasteiger partial charge in [-0.05, 0) is 43.8 Å². The fraction of sp³-hybridized carbons (Fsp3) is 0.632. The van der Waals surface area contributed by atoms with Crippen molar-refractivity contribution in [2.45, 2.75) is 50.5 Å². The number of benzene rings is 1. The Labute approximate surface area is 161 Å². The molecular weight excluding hydrogens is 368 g/mol. The van der Waals surface area contributed by atoms with Gasteiger partial charge in [0.2, 0.25) is 15.9 Å². The molecule has 1 atom stereocenters. The zero-order chi connectivity index (χ0) is 19.0. The molecule has 2 N–H and O–H groups in total. The Bertz CT molecular complexity index is 671. The van der Waals surface area contributed by atoms with Crippen LogP contribution < -0.4 is 10.0 Å². The van der Waals surface area contributed by atoms with Crippen LogP contribution in [0, 0.1) is 0 Å². The molecule has 1 aliphatic rings. The Morgan fingerprint density at radius 2 is 1.88 bits per heavy atom. The summed E-state index contributed by atoms with van der Waals surface area (Å²) in [6.45, 7) is 2.13. The van der Waals surface area contributed by atoms with Gasteiger partial charge in [0.05, 0.1) is 5.75 Å². The minimum atomic E-state index is -3.42. The molecule has 0 aliphatic heterocycles. The number of hydrogen-bond acceptors (Lipinski definition) is 4. The third-order valence-electron chi connectivity index (χ3n) is 5.18. The van der Waals surface area contributed by atoms with E-state index < -0.39 is 16.1 Å². The Morgan fingerprint density at radius 3 is 2.46 bits per heavy atom. The highest BCUT2D eigenvalue weighted by Crippen LogP contribution is 2.40. The first-order valence-corrected chi connectivity index (χ1v) is 12.3. The fourth-order valence-electron chi connectivity index (χ4n) is 3.57. The molecule has 7 heteroatoms. The first kappa shape index (κ1) is 21.3. The number of nitrogens with one attached hydrogen (secondary N) is 2. The van der Waals surface area contributed by atoms with E-state index in [2.05, 4.69) is 22.2 Å². The normalized spacial score (nSPS) is 17.8. The molecule has 1 aromatic carbocycles. The van der Waals surface area contributed by atoms with Crippen molar-refractivity contribution < 1.29 is 13.2 Å². The smallest absolute Gasteiger partial charge is 0.238 e. The molecular formula is C19H30N2O3S2. The summed E-state index contributed by atoms with van der Waals surface area (Å²) >= 11 is 1.61. The zero-order valence-corrected chi connectivity index (χ0v) is 17.3. The van der Waals surface area contributed by atoms with E-state index in [1.165, 1.54) is 5.56 Å². The Hall–Kier alpha value is -1.05. The molecule has 0 heterocycles. The third-order valence-corrected chi connectivity index (χ3v) is 7.22. The fourth-order valence-corrected chi connectivity index (χ4v) is 4.87. The number of carbonyl (C=O) groups is 1. The molecule has 1 saturated carbocycles. The van der Waals surface area contributed by atoms with Crippen LogP contribution in [0.4, 0.5) is 0 Å². The molecule has 1 fully saturated rings. The first-order valence-electron chi connectivity index (χ1n) is 9.24. The molecule has 0 spiro atoms. The maximum absolute atomic E-state index is 12.7. The Morgan fingerprint density at radius 1 is 1.23 bits per heavy atom. The van der Waals surface area contributed by atoms with Gasteiger partial charge in [0.15, 0.2) is 0 Å². The molecule has 0 saturated heterocycles. The van der Waals surface area contributed by atoms with Crippen LogP contribution in [0.3, 0.4) is 0 Å². The van der Waals surface area contributed by atoms with Crippen LogP contribution in [0.1, 0.15) is 44.6 Å². The molecule has 1 amide bonds. The quantitative estimate of drug-likeness (QED) is 0.635. The number of rotatable bonds is 10. The van der Waals surface area contributed by atoms with Crippen LogP contribution in [0.5, 0.6) is 0 Å². The lowest BCUT2D eigenvalue weighted by atomic mass is 9.79. The van der Waals surface area contributed by atoms with Crippen LogP contribution in [-0.4, -0.2) is 44.7 Å². The summed E-state index contributed by atoms with van der Waals surface area (Å²) < 4.78 is 26.4. The second-order valence-corrected chi connectivity index (χ2v) is 9.95. The van der Waals surface area contributed by atoms with Crippen LogP contribution in [0.25, 0.3) is 0 Å². The van der Waals surface area contributed by atoms with Gasteiger partial charge < -0.3 is 5.32 Å². The number of sulfonamides is 1. The van der Waals surface area contributed by atoms with Gasteiger partial charge >= 0.3 is 0 Å². The van der Waals surface area contributed by atoms with E-state index in [-0.39, 0.29) is 17.1 Å². The predicted octanol–water partition coefficient (Wildman–Crippen LogP) is 2.68. The van der Waals surface area contributed by atoms with Gasteiger partial charge in [0.1, 0.15) is 6.04 Å². The second-order valence-electron chi connectivity index (χ2n) is 6.93. The number of thioether (sulfide) groups is 1. The van der Waals surface area contributed by atoms with Gasteiger partial charge in [0.25, 0.3) is 0 Å². The van der Waals surface area contributed by atoms with Gasteiger partial charge in [0, 0.05) is 12.0 Å². The zero-order valence-electron chi connectivity index (χ0n) is 15.7. The maximum Gasteiger partial charge on any atom is 0.238 e. The molecule has 1 aromatic rings. The topological polar surface area (TPSA) is 75.3 Å². The van der Waals surface area contributed by atoms with E-state index >= 15 is 0 Å². The van der Waals surface area contributed by atoms with Gasteiger partial charge in [-0.2, -0.15) is 11.8 Å². The number of hydrogen-bond donors (Lipinski definition) is 2. The molecule has 1 unspecified atom stereocenters. The van der Waals surface area contributed by atoms with Crippen molar-refractivity contribution in [3.8, 4) is 0 Å². The highest BCUT2D eigenvalue weighted by atomic mass is 32.2. The van der Waals surface area contributed by atoms with Crippen molar-refractivity contribution in [2.24, 2.45) is 0 Å². The molecule has 0 radical (unpaired) electrons. The van der Waals surface area contributed by atoms with Crippen LogP contribution in [0.2, 0.25) is 0 Å². The van der Waals surface area contributed by atoms with Crippen molar-refractivity contribution in [2.75, 3.05) is 24.3 Å². The standard InChI is InChI=1S/C19H30N2O3S2/c1-3-26(23,24)21-17(11-14-25-2)18(22)20-15-19(12-7-8-13-19)16-9-5-4-6-10-16/h4-6,9-10,17,21H,3,7-8,11-15H2,1-2H3,(H,20,22).